The van der Waals surface area contributed by atoms with E-state index >= 15 is 0 Å². The molecule has 0 amide bonds. The van der Waals surface area contributed by atoms with E-state index in [1.807, 2.05) is 0 Å². The highest BCUT2D eigenvalue weighted by molar-refractivity contribution is 5.61. The van der Waals surface area contributed by atoms with Gasteiger partial charge in [0.1, 0.15) is 5.82 Å². The van der Waals surface area contributed by atoms with Crippen LogP contribution in [0, 0.1) is 12.7 Å². The first kappa shape index (κ1) is 12.2. The average molecular weight is 270 g/mol. The zero-order valence-corrected chi connectivity index (χ0v) is 10.7. The van der Waals surface area contributed by atoms with Gasteiger partial charge >= 0.3 is 0 Å². The molecule has 7 heteroatoms. The van der Waals surface area contributed by atoms with Gasteiger partial charge < -0.3 is 5.73 Å². The van der Waals surface area contributed by atoms with Crippen molar-refractivity contribution in [2.75, 3.05) is 5.73 Å². The summed E-state index contributed by atoms with van der Waals surface area (Å²) >= 11 is 0. The monoisotopic (exact) mass is 270 g/mol. The number of benzene rings is 1. The molecule has 0 aliphatic heterocycles. The van der Waals surface area contributed by atoms with Gasteiger partial charge in [0, 0.05) is 18.0 Å². The van der Waals surface area contributed by atoms with Crippen molar-refractivity contribution < 1.29 is 4.39 Å². The Kier molecular flexibility index (Phi) is 2.86. The summed E-state index contributed by atoms with van der Waals surface area (Å²) in [5.41, 5.74) is 6.73. The number of nitrogens with zero attached hydrogens (tertiary/aromatic N) is 5. The highest BCUT2D eigenvalue weighted by atomic mass is 19.1. The fourth-order valence-corrected chi connectivity index (χ4v) is 1.84. The van der Waals surface area contributed by atoms with Gasteiger partial charge in [0.05, 0.1) is 0 Å². The summed E-state index contributed by atoms with van der Waals surface area (Å²) in [4.78, 5) is 12.4. The SMILES string of the molecule is Cc1c(F)cccc1-c1nc(N)nc(-n2cccn2)n1. The first-order valence-corrected chi connectivity index (χ1v) is 5.92. The maximum Gasteiger partial charge on any atom is 0.255 e. The van der Waals surface area contributed by atoms with Crippen molar-refractivity contribution in [3.8, 4) is 17.3 Å². The third kappa shape index (κ3) is 2.09. The Labute approximate surface area is 114 Å². The van der Waals surface area contributed by atoms with Crippen LogP contribution in [-0.4, -0.2) is 24.7 Å². The van der Waals surface area contributed by atoms with Gasteiger partial charge in [-0.25, -0.2) is 9.07 Å². The van der Waals surface area contributed by atoms with Crippen LogP contribution in [0.2, 0.25) is 0 Å². The van der Waals surface area contributed by atoms with E-state index in [0.29, 0.717) is 22.9 Å². The normalized spacial score (nSPS) is 10.7. The molecule has 0 aliphatic carbocycles. The van der Waals surface area contributed by atoms with Crippen molar-refractivity contribution in [2.45, 2.75) is 6.92 Å². The first-order valence-electron chi connectivity index (χ1n) is 5.92. The molecule has 3 aromatic rings. The summed E-state index contributed by atoms with van der Waals surface area (Å²) in [7, 11) is 0. The van der Waals surface area contributed by atoms with E-state index in [-0.39, 0.29) is 11.8 Å². The van der Waals surface area contributed by atoms with Gasteiger partial charge in [-0.05, 0) is 24.6 Å². The number of anilines is 1. The van der Waals surface area contributed by atoms with Crippen molar-refractivity contribution in [1.29, 1.82) is 0 Å². The number of aromatic nitrogens is 5. The molecule has 20 heavy (non-hydrogen) atoms. The minimum Gasteiger partial charge on any atom is -0.368 e. The van der Waals surface area contributed by atoms with E-state index in [2.05, 4.69) is 20.1 Å². The Balaban J connectivity index is 2.17. The number of halogens is 1. The molecule has 1 aromatic carbocycles. The second-order valence-corrected chi connectivity index (χ2v) is 4.18. The standard InChI is InChI=1S/C13H11FN6/c1-8-9(4-2-5-10(8)14)11-17-12(15)19-13(18-11)20-7-3-6-16-20/h2-7H,1H3,(H2,15,17,18,19). The Morgan fingerprint density at radius 1 is 1.15 bits per heavy atom. The highest BCUT2D eigenvalue weighted by Crippen LogP contribution is 2.22. The Bertz CT molecular complexity index is 754. The third-order valence-corrected chi connectivity index (χ3v) is 2.86. The maximum absolute atomic E-state index is 13.6. The van der Waals surface area contributed by atoms with Gasteiger partial charge in [-0.3, -0.25) is 0 Å². The van der Waals surface area contributed by atoms with Gasteiger partial charge in [-0.1, -0.05) is 12.1 Å². The van der Waals surface area contributed by atoms with Gasteiger partial charge in [0.15, 0.2) is 5.82 Å². The molecule has 0 atom stereocenters. The van der Waals surface area contributed by atoms with E-state index in [4.69, 9.17) is 5.73 Å². The number of hydrogen-bond acceptors (Lipinski definition) is 5. The summed E-state index contributed by atoms with van der Waals surface area (Å²) in [6.07, 6.45) is 3.30. The minimum absolute atomic E-state index is 0.0594. The molecule has 2 N–H and O–H groups in total. The topological polar surface area (TPSA) is 82.5 Å². The molecule has 0 radical (unpaired) electrons. The molecule has 6 nitrogen and oxygen atoms in total. The maximum atomic E-state index is 13.6. The summed E-state index contributed by atoms with van der Waals surface area (Å²) in [6, 6.07) is 6.47. The van der Waals surface area contributed by atoms with Crippen molar-refractivity contribution in [1.82, 2.24) is 24.7 Å². The minimum atomic E-state index is -0.317. The predicted octanol–water partition coefficient (Wildman–Crippen LogP) is 1.75. The molecule has 0 spiro atoms. The number of nitrogen functional groups attached to an aromatic ring is 1. The average Bonchev–Trinajstić information content (AvgIpc) is 2.95. The zero-order valence-electron chi connectivity index (χ0n) is 10.7. The van der Waals surface area contributed by atoms with Crippen molar-refractivity contribution in [3.05, 3.63) is 48.0 Å². The van der Waals surface area contributed by atoms with Crippen molar-refractivity contribution >= 4 is 5.95 Å². The van der Waals surface area contributed by atoms with Crippen LogP contribution in [0.5, 0.6) is 0 Å². The van der Waals surface area contributed by atoms with Crippen LogP contribution in [0.4, 0.5) is 10.3 Å². The molecule has 0 saturated heterocycles. The number of rotatable bonds is 2. The molecule has 0 unspecified atom stereocenters. The lowest BCUT2D eigenvalue weighted by Crippen LogP contribution is -2.08. The highest BCUT2D eigenvalue weighted by Gasteiger charge is 2.12. The van der Waals surface area contributed by atoms with Gasteiger partial charge in [0.2, 0.25) is 5.95 Å². The number of hydrogen-bond donors (Lipinski definition) is 1. The largest absolute Gasteiger partial charge is 0.368 e. The molecular formula is C13H11FN6. The van der Waals surface area contributed by atoms with E-state index < -0.39 is 0 Å². The van der Waals surface area contributed by atoms with E-state index in [9.17, 15) is 4.39 Å². The summed E-state index contributed by atoms with van der Waals surface area (Å²) in [5.74, 6) is 0.354. The second kappa shape index (κ2) is 4.69. The second-order valence-electron chi connectivity index (χ2n) is 4.18. The molecule has 2 aromatic heterocycles. The third-order valence-electron chi connectivity index (χ3n) is 2.86. The zero-order chi connectivity index (χ0) is 14.1. The van der Waals surface area contributed by atoms with E-state index in [0.717, 1.165) is 0 Å². The van der Waals surface area contributed by atoms with Crippen LogP contribution in [0.3, 0.4) is 0 Å². The van der Waals surface area contributed by atoms with Gasteiger partial charge in [-0.2, -0.15) is 20.1 Å². The lowest BCUT2D eigenvalue weighted by molar-refractivity contribution is 0.619. The molecule has 2 heterocycles. The van der Waals surface area contributed by atoms with Gasteiger partial charge in [0.25, 0.3) is 5.95 Å². The molecule has 3 rings (SSSR count). The Morgan fingerprint density at radius 2 is 2.00 bits per heavy atom. The Morgan fingerprint density at radius 3 is 2.75 bits per heavy atom. The fraction of sp³-hybridized carbons (Fsp3) is 0.0769. The van der Waals surface area contributed by atoms with Gasteiger partial charge in [-0.15, -0.1) is 0 Å². The molecule has 0 aliphatic rings. The summed E-state index contributed by atoms with van der Waals surface area (Å²) in [6.45, 7) is 1.66. The van der Waals surface area contributed by atoms with Crippen LogP contribution in [0.25, 0.3) is 17.3 Å². The van der Waals surface area contributed by atoms with E-state index in [1.165, 1.54) is 10.7 Å². The van der Waals surface area contributed by atoms with Crippen LogP contribution < -0.4 is 5.73 Å². The molecular weight excluding hydrogens is 259 g/mol. The van der Waals surface area contributed by atoms with Crippen LogP contribution in [-0.2, 0) is 0 Å². The number of nitrogens with two attached hydrogens (primary N) is 1. The van der Waals surface area contributed by atoms with Crippen LogP contribution in [0.15, 0.2) is 36.7 Å². The van der Waals surface area contributed by atoms with Crippen LogP contribution >= 0.6 is 0 Å². The summed E-state index contributed by atoms with van der Waals surface area (Å²) < 4.78 is 15.1. The van der Waals surface area contributed by atoms with Crippen molar-refractivity contribution in [3.63, 3.8) is 0 Å². The molecule has 0 saturated carbocycles. The lowest BCUT2D eigenvalue weighted by atomic mass is 10.1. The quantitative estimate of drug-likeness (QED) is 0.767. The van der Waals surface area contributed by atoms with E-state index in [1.54, 1.807) is 37.5 Å². The van der Waals surface area contributed by atoms with Crippen LogP contribution in [0.1, 0.15) is 5.56 Å². The lowest BCUT2D eigenvalue weighted by Gasteiger charge is -2.07. The fourth-order valence-electron chi connectivity index (χ4n) is 1.84. The first-order chi connectivity index (χ1) is 9.65. The van der Waals surface area contributed by atoms with Crippen molar-refractivity contribution in [2.24, 2.45) is 0 Å². The predicted molar refractivity (Wildman–Crippen MR) is 71.5 cm³/mol. The Hall–Kier alpha value is -2.83. The molecule has 0 bridgehead atoms. The molecule has 0 fully saturated rings. The smallest absolute Gasteiger partial charge is 0.255 e. The summed E-state index contributed by atoms with van der Waals surface area (Å²) in [5, 5.41) is 4.04. The molecule has 100 valence electrons.